The number of hydrogen-bond donors (Lipinski definition) is 3. The fourth-order valence-electron chi connectivity index (χ4n) is 3.85. The summed E-state index contributed by atoms with van der Waals surface area (Å²) in [7, 11) is 0. The van der Waals surface area contributed by atoms with Crippen molar-refractivity contribution in [2.24, 2.45) is 0 Å². The summed E-state index contributed by atoms with van der Waals surface area (Å²) in [5, 5.41) is 22.0. The number of nitrogens with one attached hydrogen (secondary N) is 2. The molecule has 0 aliphatic carbocycles. The molecule has 5 heteroatoms. The molecule has 132 valence electrons. The zero-order chi connectivity index (χ0) is 18.6. The van der Waals surface area contributed by atoms with Crippen LogP contribution in [-0.4, -0.2) is 22.3 Å². The largest absolute Gasteiger partial charge is 0.508 e. The molecule has 0 saturated carbocycles. The van der Waals surface area contributed by atoms with Crippen molar-refractivity contribution < 1.29 is 9.90 Å². The average molecular weight is 347 g/mol. The Balaban J connectivity index is 1.82. The van der Waals surface area contributed by atoms with E-state index in [-0.39, 0.29) is 17.4 Å². The molecule has 0 radical (unpaired) electrons. The van der Waals surface area contributed by atoms with Crippen molar-refractivity contribution in [3.05, 3.63) is 64.9 Å². The highest BCUT2D eigenvalue weighted by atomic mass is 16.3. The van der Waals surface area contributed by atoms with Crippen LogP contribution in [-0.2, 0) is 11.2 Å². The second-order valence-electron chi connectivity index (χ2n) is 7.41. The number of amidine groups is 1. The number of carbonyl (C=O) groups is 1. The minimum Gasteiger partial charge on any atom is -0.508 e. The molecule has 2 aliphatic rings. The van der Waals surface area contributed by atoms with Crippen molar-refractivity contribution >= 4 is 23.0 Å². The van der Waals surface area contributed by atoms with Crippen LogP contribution in [0.15, 0.2) is 53.7 Å². The van der Waals surface area contributed by atoms with Gasteiger partial charge in [0.25, 0.3) is 0 Å². The number of ketones is 1. The van der Waals surface area contributed by atoms with Gasteiger partial charge in [-0.3, -0.25) is 10.2 Å². The topological polar surface area (TPSA) is 76.4 Å². The third-order valence-corrected chi connectivity index (χ3v) is 5.08. The second-order valence-corrected chi connectivity index (χ2v) is 7.41. The van der Waals surface area contributed by atoms with Crippen LogP contribution < -0.4 is 10.2 Å². The molecule has 3 N–H and O–H groups in total. The fraction of sp³-hybridized carbons (Fsp3) is 0.238. The molecule has 0 aromatic heterocycles. The van der Waals surface area contributed by atoms with Crippen molar-refractivity contribution in [1.82, 2.24) is 0 Å². The number of carbonyl (C=O) groups excluding carboxylic acids is 1. The molecule has 0 unspecified atom stereocenters. The van der Waals surface area contributed by atoms with Gasteiger partial charge in [-0.05, 0) is 50.1 Å². The SMILES string of the molecule is Cc1cc(O)cc(N2C(=N)C(=C3Cc4ccccc4N3)C(=O)C2(C)C)c1. The fourth-order valence-corrected chi connectivity index (χ4v) is 3.85. The Labute approximate surface area is 152 Å². The van der Waals surface area contributed by atoms with Crippen LogP contribution >= 0.6 is 0 Å². The van der Waals surface area contributed by atoms with E-state index in [0.29, 0.717) is 17.7 Å². The maximum atomic E-state index is 13.2. The van der Waals surface area contributed by atoms with Gasteiger partial charge in [0.05, 0.1) is 5.57 Å². The summed E-state index contributed by atoms with van der Waals surface area (Å²) in [6, 6.07) is 13.1. The van der Waals surface area contributed by atoms with Crippen molar-refractivity contribution in [2.45, 2.75) is 32.7 Å². The van der Waals surface area contributed by atoms with E-state index in [1.807, 2.05) is 51.1 Å². The molecule has 0 spiro atoms. The van der Waals surface area contributed by atoms with Crippen molar-refractivity contribution in [3.63, 3.8) is 0 Å². The summed E-state index contributed by atoms with van der Waals surface area (Å²) in [4.78, 5) is 14.9. The first-order valence-electron chi connectivity index (χ1n) is 8.62. The number of hydrogen-bond acceptors (Lipinski definition) is 4. The third kappa shape index (κ3) is 2.31. The van der Waals surface area contributed by atoms with Gasteiger partial charge in [-0.15, -0.1) is 0 Å². The molecule has 1 saturated heterocycles. The van der Waals surface area contributed by atoms with Crippen LogP contribution in [0, 0.1) is 12.3 Å². The van der Waals surface area contributed by atoms with Gasteiger partial charge in [0, 0.05) is 29.6 Å². The number of allylic oxidation sites excluding steroid dienone is 1. The number of benzene rings is 2. The Bertz CT molecular complexity index is 941. The van der Waals surface area contributed by atoms with Gasteiger partial charge in [0.15, 0.2) is 5.78 Å². The first-order chi connectivity index (χ1) is 12.3. The number of aryl methyl sites for hydroxylation is 1. The second kappa shape index (κ2) is 5.46. The van der Waals surface area contributed by atoms with Crippen molar-refractivity contribution in [2.75, 3.05) is 10.2 Å². The van der Waals surface area contributed by atoms with Gasteiger partial charge in [-0.1, -0.05) is 18.2 Å². The Hall–Kier alpha value is -3.08. The molecule has 4 rings (SSSR count). The van der Waals surface area contributed by atoms with Gasteiger partial charge in [-0.2, -0.15) is 0 Å². The summed E-state index contributed by atoms with van der Waals surface area (Å²) in [5.41, 5.74) is 3.94. The number of fused-ring (bicyclic) bond motifs is 1. The Morgan fingerprint density at radius 3 is 2.62 bits per heavy atom. The van der Waals surface area contributed by atoms with Gasteiger partial charge in [0.2, 0.25) is 0 Å². The molecule has 2 aromatic rings. The highest BCUT2D eigenvalue weighted by Gasteiger charge is 2.49. The molecular weight excluding hydrogens is 326 g/mol. The van der Waals surface area contributed by atoms with E-state index in [4.69, 9.17) is 5.41 Å². The lowest BCUT2D eigenvalue weighted by Gasteiger charge is -2.31. The van der Waals surface area contributed by atoms with Crippen LogP contribution in [0.25, 0.3) is 0 Å². The quantitative estimate of drug-likeness (QED) is 0.687. The zero-order valence-corrected chi connectivity index (χ0v) is 15.1. The number of Topliss-reactive ketones (excluding diaryl/α,β-unsaturated/α-hetero) is 1. The lowest BCUT2D eigenvalue weighted by Crippen LogP contribution is -2.44. The summed E-state index contributed by atoms with van der Waals surface area (Å²) < 4.78 is 0. The molecule has 5 nitrogen and oxygen atoms in total. The molecule has 0 atom stereocenters. The number of anilines is 2. The molecule has 26 heavy (non-hydrogen) atoms. The van der Waals surface area contributed by atoms with Crippen LogP contribution in [0.4, 0.5) is 11.4 Å². The molecule has 2 aromatic carbocycles. The Morgan fingerprint density at radius 1 is 1.19 bits per heavy atom. The smallest absolute Gasteiger partial charge is 0.193 e. The predicted molar refractivity (Wildman–Crippen MR) is 103 cm³/mol. The van der Waals surface area contributed by atoms with Crippen LogP contribution in [0.3, 0.4) is 0 Å². The van der Waals surface area contributed by atoms with E-state index in [9.17, 15) is 9.90 Å². The maximum Gasteiger partial charge on any atom is 0.193 e. The third-order valence-electron chi connectivity index (χ3n) is 5.08. The van der Waals surface area contributed by atoms with E-state index in [1.165, 1.54) is 0 Å². The number of aromatic hydroxyl groups is 1. The summed E-state index contributed by atoms with van der Waals surface area (Å²) in [6.45, 7) is 5.52. The minimum absolute atomic E-state index is 0.0844. The van der Waals surface area contributed by atoms with E-state index >= 15 is 0 Å². The van der Waals surface area contributed by atoms with Crippen LogP contribution in [0.5, 0.6) is 5.75 Å². The van der Waals surface area contributed by atoms with E-state index in [0.717, 1.165) is 22.5 Å². The molecule has 0 amide bonds. The molecule has 0 bridgehead atoms. The number of phenolic OH excluding ortho intramolecular Hbond substituents is 1. The summed E-state index contributed by atoms with van der Waals surface area (Å²) >= 11 is 0. The highest BCUT2D eigenvalue weighted by Crippen LogP contribution is 2.40. The van der Waals surface area contributed by atoms with Crippen LogP contribution in [0.2, 0.25) is 0 Å². The standard InChI is InChI=1S/C21H21N3O2/c1-12-8-14(11-15(25)9-12)24-20(22)18(19(26)21(24,2)3)17-10-13-6-4-5-7-16(13)23-17/h4-9,11,22-23,25H,10H2,1-3H3. The van der Waals surface area contributed by atoms with E-state index in [1.54, 1.807) is 17.0 Å². The van der Waals surface area contributed by atoms with Gasteiger partial charge in [-0.25, -0.2) is 0 Å². The minimum atomic E-state index is -0.893. The van der Waals surface area contributed by atoms with E-state index in [2.05, 4.69) is 5.32 Å². The lowest BCUT2D eigenvalue weighted by molar-refractivity contribution is -0.118. The van der Waals surface area contributed by atoms with Crippen molar-refractivity contribution in [3.8, 4) is 5.75 Å². The van der Waals surface area contributed by atoms with Crippen molar-refractivity contribution in [1.29, 1.82) is 5.41 Å². The molecule has 1 fully saturated rings. The Kier molecular flexibility index (Phi) is 3.44. The number of phenols is 1. The number of para-hydroxylation sites is 1. The molecular formula is C21H21N3O2. The summed E-state index contributed by atoms with van der Waals surface area (Å²) in [5.74, 6) is 0.211. The summed E-state index contributed by atoms with van der Waals surface area (Å²) in [6.07, 6.45) is 0.614. The maximum absolute atomic E-state index is 13.2. The first-order valence-corrected chi connectivity index (χ1v) is 8.62. The van der Waals surface area contributed by atoms with Gasteiger partial charge < -0.3 is 15.3 Å². The van der Waals surface area contributed by atoms with Crippen LogP contribution in [0.1, 0.15) is 25.0 Å². The number of nitrogens with zero attached hydrogens (tertiary/aromatic N) is 1. The average Bonchev–Trinajstić information content (AvgIpc) is 3.03. The zero-order valence-electron chi connectivity index (χ0n) is 15.1. The number of rotatable bonds is 1. The first kappa shape index (κ1) is 16.4. The highest BCUT2D eigenvalue weighted by molar-refractivity contribution is 6.36. The Morgan fingerprint density at radius 2 is 1.92 bits per heavy atom. The predicted octanol–water partition coefficient (Wildman–Crippen LogP) is 3.77. The van der Waals surface area contributed by atoms with Gasteiger partial charge in [0.1, 0.15) is 17.1 Å². The molecule has 2 aliphatic heterocycles. The van der Waals surface area contributed by atoms with Gasteiger partial charge >= 0.3 is 0 Å². The monoisotopic (exact) mass is 347 g/mol. The molecule has 2 heterocycles. The van der Waals surface area contributed by atoms with E-state index < -0.39 is 5.54 Å². The lowest BCUT2D eigenvalue weighted by atomic mass is 9.95. The normalized spacial score (nSPS) is 21.1.